The summed E-state index contributed by atoms with van der Waals surface area (Å²) < 4.78 is 4.08. The first kappa shape index (κ1) is 14.8. The van der Waals surface area contributed by atoms with E-state index >= 15 is 0 Å². The fourth-order valence-electron chi connectivity index (χ4n) is 3.88. The normalized spacial score (nSPS) is 22.9. The predicted molar refractivity (Wildman–Crippen MR) is 95.6 cm³/mol. The summed E-state index contributed by atoms with van der Waals surface area (Å²) in [7, 11) is 0. The summed E-state index contributed by atoms with van der Waals surface area (Å²) in [6, 6.07) is 12.2. The van der Waals surface area contributed by atoms with E-state index in [4.69, 9.17) is 5.73 Å². The van der Waals surface area contributed by atoms with Crippen molar-refractivity contribution in [2.75, 3.05) is 0 Å². The monoisotopic (exact) mass is 335 g/mol. The van der Waals surface area contributed by atoms with Crippen molar-refractivity contribution in [3.05, 3.63) is 58.4 Å². The number of rotatable bonds is 4. The van der Waals surface area contributed by atoms with Crippen LogP contribution in [0.5, 0.6) is 0 Å². The standard InChI is InChI=1S/C19H21N5O/c20-14-9-13(10-14)19-22-21-17(24(19)15-6-7-15)11-23-16-4-2-1-3-12(16)5-8-18(23)25/h1-5,8,13-15H,6-7,9-11,20H2. The van der Waals surface area contributed by atoms with E-state index in [1.165, 1.54) is 12.8 Å². The zero-order chi connectivity index (χ0) is 17.0. The van der Waals surface area contributed by atoms with Crippen LogP contribution in [0.4, 0.5) is 0 Å². The first-order valence-electron chi connectivity index (χ1n) is 8.98. The molecule has 2 aromatic heterocycles. The van der Waals surface area contributed by atoms with Gasteiger partial charge in [-0.3, -0.25) is 4.79 Å². The third-order valence-corrected chi connectivity index (χ3v) is 5.44. The highest BCUT2D eigenvalue weighted by molar-refractivity contribution is 5.78. The van der Waals surface area contributed by atoms with Gasteiger partial charge in [0.05, 0.1) is 12.1 Å². The Kier molecular flexibility index (Phi) is 3.28. The van der Waals surface area contributed by atoms with Crippen molar-refractivity contribution >= 4 is 10.9 Å². The largest absolute Gasteiger partial charge is 0.328 e. The minimum atomic E-state index is -0.00346. The number of para-hydroxylation sites is 1. The van der Waals surface area contributed by atoms with Crippen LogP contribution in [0.3, 0.4) is 0 Å². The second kappa shape index (κ2) is 5.52. The van der Waals surface area contributed by atoms with Gasteiger partial charge in [-0.1, -0.05) is 18.2 Å². The lowest BCUT2D eigenvalue weighted by atomic mass is 9.80. The number of benzene rings is 1. The van der Waals surface area contributed by atoms with Crippen molar-refractivity contribution in [3.63, 3.8) is 0 Å². The zero-order valence-electron chi connectivity index (χ0n) is 14.0. The number of pyridine rings is 1. The van der Waals surface area contributed by atoms with Gasteiger partial charge < -0.3 is 14.9 Å². The van der Waals surface area contributed by atoms with Gasteiger partial charge in [0.2, 0.25) is 0 Å². The molecule has 2 heterocycles. The van der Waals surface area contributed by atoms with Crippen LogP contribution in [0.1, 0.15) is 49.3 Å². The van der Waals surface area contributed by atoms with Crippen molar-refractivity contribution in [1.29, 1.82) is 0 Å². The van der Waals surface area contributed by atoms with Crippen LogP contribution in [0.15, 0.2) is 41.2 Å². The van der Waals surface area contributed by atoms with Gasteiger partial charge in [0.25, 0.3) is 5.56 Å². The first-order valence-corrected chi connectivity index (χ1v) is 8.98. The summed E-state index contributed by atoms with van der Waals surface area (Å²) in [5.41, 5.74) is 6.89. The first-order chi connectivity index (χ1) is 12.2. The Bertz CT molecular complexity index is 994. The number of fused-ring (bicyclic) bond motifs is 1. The summed E-state index contributed by atoms with van der Waals surface area (Å²) in [6.07, 6.45) is 4.31. The van der Waals surface area contributed by atoms with Crippen LogP contribution in [0.25, 0.3) is 10.9 Å². The second-order valence-electron chi connectivity index (χ2n) is 7.32. The van der Waals surface area contributed by atoms with E-state index < -0.39 is 0 Å². The molecule has 6 heteroatoms. The topological polar surface area (TPSA) is 78.7 Å². The van der Waals surface area contributed by atoms with Crippen LogP contribution < -0.4 is 11.3 Å². The van der Waals surface area contributed by atoms with E-state index in [9.17, 15) is 4.79 Å². The van der Waals surface area contributed by atoms with Crippen LogP contribution >= 0.6 is 0 Å². The molecule has 2 aliphatic carbocycles. The third kappa shape index (κ3) is 2.48. The molecule has 0 bridgehead atoms. The van der Waals surface area contributed by atoms with E-state index in [2.05, 4.69) is 14.8 Å². The molecule has 1 aromatic carbocycles. The van der Waals surface area contributed by atoms with E-state index in [1.807, 2.05) is 30.3 Å². The Hall–Kier alpha value is -2.47. The van der Waals surface area contributed by atoms with Crippen molar-refractivity contribution in [2.45, 2.75) is 50.2 Å². The Labute approximate surface area is 145 Å². The fraction of sp³-hybridized carbons (Fsp3) is 0.421. The van der Waals surface area contributed by atoms with Crippen molar-refractivity contribution in [1.82, 2.24) is 19.3 Å². The molecule has 0 aliphatic heterocycles. The average Bonchev–Trinajstić information content (AvgIpc) is 3.35. The lowest BCUT2D eigenvalue weighted by molar-refractivity contribution is 0.327. The highest BCUT2D eigenvalue weighted by Gasteiger charge is 2.36. The van der Waals surface area contributed by atoms with Crippen LogP contribution in [0, 0.1) is 0 Å². The minimum absolute atomic E-state index is 0.00346. The number of nitrogens with two attached hydrogens (primary N) is 1. The van der Waals surface area contributed by atoms with Gasteiger partial charge in [0.1, 0.15) is 5.82 Å². The van der Waals surface area contributed by atoms with Crippen LogP contribution in [-0.4, -0.2) is 25.4 Å². The average molecular weight is 335 g/mol. The smallest absolute Gasteiger partial charge is 0.251 e. The quantitative estimate of drug-likeness (QED) is 0.792. The Morgan fingerprint density at radius 1 is 1.08 bits per heavy atom. The minimum Gasteiger partial charge on any atom is -0.328 e. The molecule has 0 saturated heterocycles. The molecule has 2 aliphatic rings. The predicted octanol–water partition coefficient (Wildman–Crippen LogP) is 2.18. The maximum atomic E-state index is 12.5. The van der Waals surface area contributed by atoms with Gasteiger partial charge in [-0.05, 0) is 43.2 Å². The van der Waals surface area contributed by atoms with Gasteiger partial charge in [0, 0.05) is 24.1 Å². The lowest BCUT2D eigenvalue weighted by Crippen LogP contribution is -2.36. The van der Waals surface area contributed by atoms with E-state index in [-0.39, 0.29) is 5.56 Å². The highest BCUT2D eigenvalue weighted by atomic mass is 16.1. The molecule has 2 saturated carbocycles. The second-order valence-corrected chi connectivity index (χ2v) is 7.32. The Morgan fingerprint density at radius 2 is 1.88 bits per heavy atom. The van der Waals surface area contributed by atoms with Gasteiger partial charge in [-0.2, -0.15) is 0 Å². The van der Waals surface area contributed by atoms with Gasteiger partial charge in [-0.25, -0.2) is 0 Å². The molecule has 3 aromatic rings. The molecular weight excluding hydrogens is 314 g/mol. The summed E-state index contributed by atoms with van der Waals surface area (Å²) >= 11 is 0. The fourth-order valence-corrected chi connectivity index (χ4v) is 3.88. The molecular formula is C19H21N5O. The Balaban J connectivity index is 1.57. The zero-order valence-corrected chi connectivity index (χ0v) is 14.0. The summed E-state index contributed by atoms with van der Waals surface area (Å²) in [4.78, 5) is 12.5. The molecule has 6 nitrogen and oxygen atoms in total. The molecule has 0 unspecified atom stereocenters. The third-order valence-electron chi connectivity index (χ3n) is 5.44. The summed E-state index contributed by atoms with van der Waals surface area (Å²) in [5.74, 6) is 2.37. The maximum absolute atomic E-state index is 12.5. The molecule has 0 spiro atoms. The number of hydrogen-bond donors (Lipinski definition) is 1. The van der Waals surface area contributed by atoms with Gasteiger partial charge in [0.15, 0.2) is 5.82 Å². The SMILES string of the molecule is NC1CC(c2nnc(Cn3c(=O)ccc4ccccc43)n2C2CC2)C1. The van der Waals surface area contributed by atoms with Crippen molar-refractivity contribution < 1.29 is 0 Å². The molecule has 128 valence electrons. The molecule has 2 N–H and O–H groups in total. The lowest BCUT2D eigenvalue weighted by Gasteiger charge is -2.32. The highest BCUT2D eigenvalue weighted by Crippen LogP contribution is 2.42. The summed E-state index contributed by atoms with van der Waals surface area (Å²) in [5, 5.41) is 10.0. The molecule has 0 radical (unpaired) electrons. The van der Waals surface area contributed by atoms with E-state index in [1.54, 1.807) is 10.6 Å². The molecule has 2 fully saturated rings. The molecule has 5 rings (SSSR count). The van der Waals surface area contributed by atoms with Crippen LogP contribution in [-0.2, 0) is 6.54 Å². The molecule has 0 amide bonds. The Morgan fingerprint density at radius 3 is 2.64 bits per heavy atom. The number of hydrogen-bond acceptors (Lipinski definition) is 4. The number of nitrogens with zero attached hydrogens (tertiary/aromatic N) is 4. The maximum Gasteiger partial charge on any atom is 0.251 e. The van der Waals surface area contributed by atoms with Crippen molar-refractivity contribution in [3.8, 4) is 0 Å². The van der Waals surface area contributed by atoms with Gasteiger partial charge >= 0.3 is 0 Å². The summed E-state index contributed by atoms with van der Waals surface area (Å²) in [6.45, 7) is 0.461. The molecule has 25 heavy (non-hydrogen) atoms. The molecule has 0 atom stereocenters. The van der Waals surface area contributed by atoms with E-state index in [0.29, 0.717) is 24.5 Å². The van der Waals surface area contributed by atoms with Gasteiger partial charge in [-0.15, -0.1) is 10.2 Å². The van der Waals surface area contributed by atoms with Crippen LogP contribution in [0.2, 0.25) is 0 Å². The number of aromatic nitrogens is 4. The van der Waals surface area contributed by atoms with Crippen molar-refractivity contribution in [2.24, 2.45) is 5.73 Å². The van der Waals surface area contributed by atoms with E-state index in [0.717, 1.165) is 35.4 Å².